The molecule has 0 atom stereocenters. The minimum Gasteiger partial charge on any atom is -0.329 e. The Balaban J connectivity index is 1.63. The molecule has 0 radical (unpaired) electrons. The van der Waals surface area contributed by atoms with Crippen LogP contribution in [0.15, 0.2) is 78.9 Å². The Morgan fingerprint density at radius 1 is 0.871 bits per heavy atom. The number of nitrogens with zero attached hydrogens (tertiary/aromatic N) is 3. The number of amides is 1. The molecule has 0 aliphatic rings. The largest absolute Gasteiger partial charge is 0.451 e. The summed E-state index contributed by atoms with van der Waals surface area (Å²) in [6.45, 7) is 0. The number of rotatable bonds is 4. The molecule has 1 heterocycles. The second-order valence-electron chi connectivity index (χ2n) is 6.81. The van der Waals surface area contributed by atoms with E-state index in [0.29, 0.717) is 22.3 Å². The zero-order chi connectivity index (χ0) is 22.0. The van der Waals surface area contributed by atoms with Crippen LogP contribution < -0.4 is 10.2 Å². The lowest BCUT2D eigenvalue weighted by Gasteiger charge is -2.21. The van der Waals surface area contributed by atoms with Gasteiger partial charge in [0.1, 0.15) is 5.82 Å². The van der Waals surface area contributed by atoms with Crippen molar-refractivity contribution in [3.8, 4) is 0 Å². The normalized spacial score (nSPS) is 11.4. The van der Waals surface area contributed by atoms with Gasteiger partial charge in [0.15, 0.2) is 0 Å². The monoisotopic (exact) mass is 422 g/mol. The third kappa shape index (κ3) is 4.32. The summed E-state index contributed by atoms with van der Waals surface area (Å²) in [6.07, 6.45) is -4.66. The molecule has 0 saturated heterocycles. The van der Waals surface area contributed by atoms with E-state index in [2.05, 4.69) is 15.3 Å². The number of benzene rings is 3. The van der Waals surface area contributed by atoms with Gasteiger partial charge >= 0.3 is 6.18 Å². The van der Waals surface area contributed by atoms with Crippen LogP contribution >= 0.6 is 0 Å². The Morgan fingerprint density at radius 3 is 2.19 bits per heavy atom. The molecule has 8 heteroatoms. The molecule has 0 aliphatic carbocycles. The third-order valence-electron chi connectivity index (χ3n) is 4.70. The number of para-hydroxylation sites is 1. The van der Waals surface area contributed by atoms with Gasteiger partial charge < -0.3 is 10.2 Å². The minimum atomic E-state index is -4.66. The van der Waals surface area contributed by atoms with Gasteiger partial charge in [-0.05, 0) is 48.5 Å². The molecule has 4 rings (SSSR count). The molecule has 3 aromatic carbocycles. The van der Waals surface area contributed by atoms with Crippen molar-refractivity contribution < 1.29 is 18.0 Å². The van der Waals surface area contributed by atoms with E-state index in [9.17, 15) is 18.0 Å². The highest BCUT2D eigenvalue weighted by atomic mass is 19.4. The number of nitrogens with one attached hydrogen (secondary N) is 1. The van der Waals surface area contributed by atoms with E-state index < -0.39 is 12.0 Å². The first-order chi connectivity index (χ1) is 14.8. The third-order valence-corrected chi connectivity index (χ3v) is 4.70. The highest BCUT2D eigenvalue weighted by Crippen LogP contribution is 2.34. The fourth-order valence-corrected chi connectivity index (χ4v) is 3.13. The quantitative estimate of drug-likeness (QED) is 0.461. The average Bonchev–Trinajstić information content (AvgIpc) is 2.78. The van der Waals surface area contributed by atoms with Gasteiger partial charge in [0.25, 0.3) is 5.91 Å². The van der Waals surface area contributed by atoms with Gasteiger partial charge in [-0.2, -0.15) is 13.2 Å². The van der Waals surface area contributed by atoms with Gasteiger partial charge in [0, 0.05) is 29.4 Å². The van der Waals surface area contributed by atoms with E-state index in [0.717, 1.165) is 0 Å². The number of halogens is 3. The Labute approximate surface area is 176 Å². The van der Waals surface area contributed by atoms with Crippen LogP contribution in [0.1, 0.15) is 16.2 Å². The SMILES string of the molecule is CN(c1ccc(NC(=O)c2ccccc2)cc1)c1nc(C(F)(F)F)nc2ccccc12. The molecule has 1 aromatic heterocycles. The zero-order valence-corrected chi connectivity index (χ0v) is 16.4. The van der Waals surface area contributed by atoms with E-state index in [1.165, 1.54) is 6.07 Å². The number of hydrogen-bond donors (Lipinski definition) is 1. The van der Waals surface area contributed by atoms with Gasteiger partial charge in [-0.15, -0.1) is 0 Å². The molecule has 0 aliphatic heterocycles. The summed E-state index contributed by atoms with van der Waals surface area (Å²) >= 11 is 0. The molecule has 156 valence electrons. The van der Waals surface area contributed by atoms with Crippen molar-refractivity contribution >= 4 is 34.0 Å². The fourth-order valence-electron chi connectivity index (χ4n) is 3.13. The van der Waals surface area contributed by atoms with E-state index in [-0.39, 0.29) is 17.2 Å². The highest BCUT2D eigenvalue weighted by Gasteiger charge is 2.36. The molecular weight excluding hydrogens is 405 g/mol. The number of carbonyl (C=O) groups excluding carboxylic acids is 1. The first-order valence-corrected chi connectivity index (χ1v) is 9.37. The van der Waals surface area contributed by atoms with E-state index in [4.69, 9.17) is 0 Å². The number of carbonyl (C=O) groups is 1. The summed E-state index contributed by atoms with van der Waals surface area (Å²) in [5.74, 6) is -1.31. The Kier molecular flexibility index (Phi) is 5.29. The van der Waals surface area contributed by atoms with Crippen LogP contribution in [0.2, 0.25) is 0 Å². The summed E-state index contributed by atoms with van der Waals surface area (Å²) < 4.78 is 39.9. The fraction of sp³-hybridized carbons (Fsp3) is 0.0870. The second-order valence-corrected chi connectivity index (χ2v) is 6.81. The van der Waals surface area contributed by atoms with Crippen molar-refractivity contribution in [2.24, 2.45) is 0 Å². The molecule has 0 saturated carbocycles. The Morgan fingerprint density at radius 2 is 1.52 bits per heavy atom. The van der Waals surface area contributed by atoms with E-state index in [1.54, 1.807) is 78.7 Å². The second kappa shape index (κ2) is 8.06. The predicted octanol–water partition coefficient (Wildman–Crippen LogP) is 5.67. The van der Waals surface area contributed by atoms with Crippen molar-refractivity contribution in [3.05, 3.63) is 90.3 Å². The maximum Gasteiger partial charge on any atom is 0.451 e. The van der Waals surface area contributed by atoms with Gasteiger partial charge in [0.05, 0.1) is 5.52 Å². The van der Waals surface area contributed by atoms with Crippen LogP contribution in [0.4, 0.5) is 30.4 Å². The number of fused-ring (bicyclic) bond motifs is 1. The predicted molar refractivity (Wildman–Crippen MR) is 113 cm³/mol. The molecule has 0 spiro atoms. The van der Waals surface area contributed by atoms with Crippen molar-refractivity contribution in [1.29, 1.82) is 0 Å². The number of aromatic nitrogens is 2. The summed E-state index contributed by atoms with van der Waals surface area (Å²) in [7, 11) is 1.63. The van der Waals surface area contributed by atoms with Crippen LogP contribution in [-0.2, 0) is 6.18 Å². The maximum absolute atomic E-state index is 13.3. The lowest BCUT2D eigenvalue weighted by molar-refractivity contribution is -0.144. The van der Waals surface area contributed by atoms with Crippen LogP contribution in [0.3, 0.4) is 0 Å². The summed E-state index contributed by atoms with van der Waals surface area (Å²) in [6, 6.07) is 22.1. The molecule has 31 heavy (non-hydrogen) atoms. The number of alkyl halides is 3. The molecule has 1 amide bonds. The molecular formula is C23H17F3N4O. The van der Waals surface area contributed by atoms with Gasteiger partial charge in [-0.25, -0.2) is 9.97 Å². The molecule has 0 bridgehead atoms. The zero-order valence-electron chi connectivity index (χ0n) is 16.4. The van der Waals surface area contributed by atoms with E-state index in [1.807, 2.05) is 6.07 Å². The number of hydrogen-bond acceptors (Lipinski definition) is 4. The van der Waals surface area contributed by atoms with Crippen LogP contribution in [0.25, 0.3) is 10.9 Å². The number of anilines is 3. The molecule has 4 aromatic rings. The Hall–Kier alpha value is -3.94. The van der Waals surface area contributed by atoms with E-state index >= 15 is 0 Å². The van der Waals surface area contributed by atoms with Crippen molar-refractivity contribution in [1.82, 2.24) is 9.97 Å². The van der Waals surface area contributed by atoms with Crippen molar-refractivity contribution in [2.45, 2.75) is 6.18 Å². The summed E-state index contributed by atoms with van der Waals surface area (Å²) in [5, 5.41) is 3.29. The first kappa shape index (κ1) is 20.3. The minimum absolute atomic E-state index is 0.138. The molecule has 1 N–H and O–H groups in total. The van der Waals surface area contributed by atoms with Crippen LogP contribution in [0, 0.1) is 0 Å². The first-order valence-electron chi connectivity index (χ1n) is 9.37. The standard InChI is InChI=1S/C23H17F3N4O/c1-30(20-18-9-5-6-10-19(18)28-22(29-20)23(24,25)26)17-13-11-16(12-14-17)27-21(31)15-7-3-2-4-8-15/h2-14H,1H3,(H,27,31). The smallest absolute Gasteiger partial charge is 0.329 e. The molecule has 5 nitrogen and oxygen atoms in total. The summed E-state index contributed by atoms with van der Waals surface area (Å²) in [4.78, 5) is 21.3. The molecule has 0 unspecified atom stereocenters. The van der Waals surface area contributed by atoms with Gasteiger partial charge in [-0.3, -0.25) is 4.79 Å². The lowest BCUT2D eigenvalue weighted by atomic mass is 10.2. The summed E-state index contributed by atoms with van der Waals surface area (Å²) in [5.41, 5.74) is 1.90. The maximum atomic E-state index is 13.3. The average molecular weight is 422 g/mol. The van der Waals surface area contributed by atoms with Gasteiger partial charge in [-0.1, -0.05) is 30.3 Å². The molecule has 0 fully saturated rings. The Bertz CT molecular complexity index is 1230. The van der Waals surface area contributed by atoms with Crippen LogP contribution in [0.5, 0.6) is 0 Å². The van der Waals surface area contributed by atoms with Crippen molar-refractivity contribution in [3.63, 3.8) is 0 Å². The van der Waals surface area contributed by atoms with Crippen LogP contribution in [-0.4, -0.2) is 22.9 Å². The van der Waals surface area contributed by atoms with Gasteiger partial charge in [0.2, 0.25) is 5.82 Å². The van der Waals surface area contributed by atoms with Crippen molar-refractivity contribution in [2.75, 3.05) is 17.3 Å². The highest BCUT2D eigenvalue weighted by molar-refractivity contribution is 6.04. The topological polar surface area (TPSA) is 58.1 Å². The lowest BCUT2D eigenvalue weighted by Crippen LogP contribution is -2.17.